The van der Waals surface area contributed by atoms with Gasteiger partial charge in [0.05, 0.1) is 11.8 Å². The second kappa shape index (κ2) is 59.9. The Morgan fingerprint density at radius 3 is 1.09 bits per heavy atom. The average molecular weight is 626 g/mol. The van der Waals surface area contributed by atoms with E-state index in [0.717, 1.165) is 17.8 Å². The van der Waals surface area contributed by atoms with Gasteiger partial charge in [0.25, 0.3) is 0 Å². The van der Waals surface area contributed by atoms with Gasteiger partial charge in [0.2, 0.25) is 0 Å². The van der Waals surface area contributed by atoms with Crippen LogP contribution in [-0.2, 0) is 0 Å². The average Bonchev–Trinajstić information content (AvgIpc) is 3.83. The Hall–Kier alpha value is -1.42. The van der Waals surface area contributed by atoms with Gasteiger partial charge in [0, 0.05) is 24.0 Å². The molecule has 0 atom stereocenters. The first-order valence-corrected chi connectivity index (χ1v) is 19.2. The molecule has 0 saturated carbocycles. The van der Waals surface area contributed by atoms with Crippen LogP contribution < -0.4 is 0 Å². The number of unbranched alkanes of at least 4 members (excludes halogenated alkanes) is 3. The van der Waals surface area contributed by atoms with Gasteiger partial charge in [-0.2, -0.15) is 0 Å². The first-order valence-electron chi connectivity index (χ1n) is 18.2. The molecular weight excluding hydrogens is 543 g/mol. The smallest absolute Gasteiger partial charge is 0.0919 e. The van der Waals surface area contributed by atoms with Gasteiger partial charge < -0.3 is 4.98 Å². The highest BCUT2D eigenvalue weighted by Crippen LogP contribution is 2.07. The summed E-state index contributed by atoms with van der Waals surface area (Å²) in [6.07, 6.45) is 29.3. The predicted octanol–water partition coefficient (Wildman–Crippen LogP) is 15.2. The van der Waals surface area contributed by atoms with Crippen LogP contribution in [0.4, 0.5) is 0 Å². The van der Waals surface area contributed by atoms with Crippen LogP contribution in [0, 0.1) is 17.8 Å². The van der Waals surface area contributed by atoms with E-state index in [1.54, 1.807) is 41.8 Å². The van der Waals surface area contributed by atoms with Crippen molar-refractivity contribution in [2.45, 2.75) is 187 Å². The van der Waals surface area contributed by atoms with Gasteiger partial charge in [0.15, 0.2) is 0 Å². The molecule has 0 radical (unpaired) electrons. The van der Waals surface area contributed by atoms with Gasteiger partial charge in [-0.25, -0.2) is 4.98 Å². The molecule has 0 aromatic carbocycles. The molecule has 2 heterocycles. The Balaban J connectivity index is -0.0000000924. The second-order valence-electron chi connectivity index (χ2n) is 10.8. The number of aromatic amines is 1. The molecule has 1 aliphatic carbocycles. The van der Waals surface area contributed by atoms with E-state index in [0.29, 0.717) is 0 Å². The minimum Gasteiger partial charge on any atom is -0.351 e. The Bertz CT molecular complexity index is 478. The molecule has 0 amide bonds. The van der Waals surface area contributed by atoms with Crippen molar-refractivity contribution in [2.75, 3.05) is 0 Å². The zero-order chi connectivity index (χ0) is 34.4. The lowest BCUT2D eigenvalue weighted by molar-refractivity contribution is 0.550. The van der Waals surface area contributed by atoms with E-state index in [1.165, 1.54) is 83.5 Å². The van der Waals surface area contributed by atoms with E-state index in [9.17, 15) is 0 Å². The molecule has 0 aliphatic heterocycles. The Labute approximate surface area is 278 Å². The summed E-state index contributed by atoms with van der Waals surface area (Å²) in [5, 5.41) is 1.93. The fraction of sp³-hybridized carbons (Fsp3) is 0.795. The Morgan fingerprint density at radius 2 is 1.00 bits per heavy atom. The summed E-state index contributed by atoms with van der Waals surface area (Å²) >= 11 is 1.60. The van der Waals surface area contributed by atoms with Gasteiger partial charge in [-0.1, -0.05) is 174 Å². The topological polar surface area (TPSA) is 41.6 Å². The van der Waals surface area contributed by atoms with Crippen molar-refractivity contribution in [3.63, 3.8) is 0 Å². The lowest BCUT2D eigenvalue weighted by atomic mass is 10.1. The number of rotatable bonds is 9. The van der Waals surface area contributed by atoms with Crippen molar-refractivity contribution in [3.05, 3.63) is 48.0 Å². The van der Waals surface area contributed by atoms with Crippen molar-refractivity contribution >= 4 is 11.3 Å². The van der Waals surface area contributed by atoms with Gasteiger partial charge >= 0.3 is 0 Å². The molecule has 0 unspecified atom stereocenters. The molecule has 2 aromatic heterocycles. The summed E-state index contributed by atoms with van der Waals surface area (Å²) in [6.45, 7) is 32.4. The highest BCUT2D eigenvalue weighted by Gasteiger charge is 1.90. The maximum atomic E-state index is 3.74. The first kappa shape index (κ1) is 54.1. The van der Waals surface area contributed by atoms with Gasteiger partial charge in [-0.3, -0.25) is 4.98 Å². The third-order valence-electron chi connectivity index (χ3n) is 5.32. The van der Waals surface area contributed by atoms with Crippen molar-refractivity contribution in [3.8, 4) is 0 Å². The first-order chi connectivity index (χ1) is 20.8. The number of imidazole rings is 1. The summed E-state index contributed by atoms with van der Waals surface area (Å²) in [5.74, 6) is 2.71. The summed E-state index contributed by atoms with van der Waals surface area (Å²) in [4.78, 5) is 10.2. The van der Waals surface area contributed by atoms with Crippen molar-refractivity contribution in [2.24, 2.45) is 17.8 Å². The molecule has 1 aliphatic rings. The molecule has 0 saturated heterocycles. The summed E-state index contributed by atoms with van der Waals surface area (Å²) in [7, 11) is 0. The standard InChI is InChI=1S/3C7H16.C6H10.C3H4N2.C3H3NS.3C2H6/c3*1-4-5-6-7(2)3;1-2-4-6-5-3-1;2*1-2-5-3-4-1;3*1-2/h3*7H,4-6H2,1-3H3;1-2H,3-6H2;1-3H,(H,4,5);1-3H;3*1-2H3. The van der Waals surface area contributed by atoms with E-state index in [4.69, 9.17) is 0 Å². The van der Waals surface area contributed by atoms with Crippen molar-refractivity contribution in [1.82, 2.24) is 15.0 Å². The van der Waals surface area contributed by atoms with Crippen LogP contribution in [0.3, 0.4) is 0 Å². The van der Waals surface area contributed by atoms with Crippen LogP contribution in [-0.4, -0.2) is 15.0 Å². The van der Waals surface area contributed by atoms with Gasteiger partial charge in [-0.05, 0) is 43.4 Å². The Morgan fingerprint density at radius 1 is 0.605 bits per heavy atom. The zero-order valence-electron chi connectivity index (χ0n) is 32.3. The van der Waals surface area contributed by atoms with Crippen LogP contribution >= 0.6 is 11.3 Å². The summed E-state index contributed by atoms with van der Waals surface area (Å²) in [5.41, 5.74) is 1.79. The molecule has 0 spiro atoms. The molecule has 2 aromatic rings. The summed E-state index contributed by atoms with van der Waals surface area (Å²) < 4.78 is 0. The van der Waals surface area contributed by atoms with Crippen LogP contribution in [0.15, 0.2) is 48.0 Å². The van der Waals surface area contributed by atoms with Crippen molar-refractivity contribution in [1.29, 1.82) is 0 Å². The number of nitrogens with one attached hydrogen (secondary N) is 1. The molecule has 4 heteroatoms. The van der Waals surface area contributed by atoms with Crippen molar-refractivity contribution < 1.29 is 0 Å². The highest BCUT2D eigenvalue weighted by atomic mass is 32.1. The van der Waals surface area contributed by atoms with E-state index < -0.39 is 0 Å². The SMILES string of the molecule is C1=CCCCC1.CC.CC.CC.CCCCC(C)C.CCCCC(C)C.CCCCC(C)C.c1c[nH]cn1.c1cscn1. The van der Waals surface area contributed by atoms with Gasteiger partial charge in [-0.15, -0.1) is 11.3 Å². The van der Waals surface area contributed by atoms with Crippen LogP contribution in [0.5, 0.6) is 0 Å². The van der Waals surface area contributed by atoms with Gasteiger partial charge in [0.1, 0.15) is 0 Å². The fourth-order valence-electron chi connectivity index (χ4n) is 2.99. The van der Waals surface area contributed by atoms with E-state index in [2.05, 4.69) is 89.4 Å². The van der Waals surface area contributed by atoms with E-state index >= 15 is 0 Å². The number of allylic oxidation sites excluding steroid dienone is 2. The quantitative estimate of drug-likeness (QED) is 0.282. The van der Waals surface area contributed by atoms with Crippen LogP contribution in [0.2, 0.25) is 0 Å². The van der Waals surface area contributed by atoms with Crippen LogP contribution in [0.1, 0.15) is 187 Å². The highest BCUT2D eigenvalue weighted by molar-refractivity contribution is 7.07. The number of nitrogens with zero attached hydrogens (tertiary/aromatic N) is 2. The minimum atomic E-state index is 0.903. The van der Waals surface area contributed by atoms with Crippen LogP contribution in [0.25, 0.3) is 0 Å². The third kappa shape index (κ3) is 85.5. The number of H-pyrrole nitrogens is 1. The molecular formula is C39H83N3S. The number of hydrogen-bond donors (Lipinski definition) is 1. The summed E-state index contributed by atoms with van der Waals surface area (Å²) in [6, 6.07) is 0. The fourth-order valence-corrected chi connectivity index (χ4v) is 3.34. The number of aromatic nitrogens is 3. The maximum absolute atomic E-state index is 3.74. The molecule has 260 valence electrons. The van der Waals surface area contributed by atoms with E-state index in [-0.39, 0.29) is 0 Å². The normalized spacial score (nSPS) is 10.3. The van der Waals surface area contributed by atoms with E-state index in [1.807, 2.05) is 46.9 Å². The molecule has 43 heavy (non-hydrogen) atoms. The molecule has 3 rings (SSSR count). The molecule has 3 nitrogen and oxygen atoms in total. The minimum absolute atomic E-state index is 0.903. The lowest BCUT2D eigenvalue weighted by Crippen LogP contribution is -1.83. The lowest BCUT2D eigenvalue weighted by Gasteiger charge is -1.98. The maximum Gasteiger partial charge on any atom is 0.0919 e. The Kier molecular flexibility index (Phi) is 75.3. The molecule has 0 bridgehead atoms. The largest absolute Gasteiger partial charge is 0.351 e. The predicted molar refractivity (Wildman–Crippen MR) is 205 cm³/mol. The third-order valence-corrected chi connectivity index (χ3v) is 5.84. The second-order valence-corrected chi connectivity index (χ2v) is 11.6. The monoisotopic (exact) mass is 626 g/mol. The number of thiazole rings is 1. The zero-order valence-corrected chi connectivity index (χ0v) is 33.2. The molecule has 0 fully saturated rings. The molecule has 1 N–H and O–H groups in total. The number of hydrogen-bond acceptors (Lipinski definition) is 3.